The first-order valence-corrected chi connectivity index (χ1v) is 10.1. The van der Waals surface area contributed by atoms with Crippen molar-refractivity contribution in [1.82, 2.24) is 0 Å². The Morgan fingerprint density at radius 1 is 1.08 bits per heavy atom. The lowest BCUT2D eigenvalue weighted by atomic mass is 10.0. The number of hydrogen-bond donors (Lipinski definition) is 1. The van der Waals surface area contributed by atoms with Crippen LogP contribution in [0.3, 0.4) is 0 Å². The van der Waals surface area contributed by atoms with Crippen LogP contribution in [0.15, 0.2) is 53.4 Å². The second-order valence-corrected chi connectivity index (χ2v) is 8.97. The standard InChI is InChI=1S/C20H25NO3S/c1-4-15-7-9-16(10-8-15)18-19(20(18,21)13-24-3)25(22,23)17-11-5-14(2)6-12-17/h5-12,18-19H,4,13,21H2,1-3H3/t18-,19-,20+/m1/s1. The minimum Gasteiger partial charge on any atom is -0.383 e. The van der Waals surface area contributed by atoms with Crippen LogP contribution in [0.5, 0.6) is 0 Å². The van der Waals surface area contributed by atoms with Crippen molar-refractivity contribution < 1.29 is 13.2 Å². The highest BCUT2D eigenvalue weighted by atomic mass is 32.2. The Balaban J connectivity index is 1.99. The number of sulfone groups is 1. The molecule has 0 radical (unpaired) electrons. The van der Waals surface area contributed by atoms with E-state index in [4.69, 9.17) is 10.5 Å². The number of hydrogen-bond acceptors (Lipinski definition) is 4. The molecule has 0 unspecified atom stereocenters. The molecule has 0 bridgehead atoms. The molecule has 5 heteroatoms. The van der Waals surface area contributed by atoms with Gasteiger partial charge in [-0.1, -0.05) is 48.9 Å². The van der Waals surface area contributed by atoms with Crippen molar-refractivity contribution in [2.24, 2.45) is 5.73 Å². The van der Waals surface area contributed by atoms with E-state index in [9.17, 15) is 8.42 Å². The molecular formula is C20H25NO3S. The molecule has 0 amide bonds. The molecule has 0 spiro atoms. The zero-order valence-electron chi connectivity index (χ0n) is 14.9. The third kappa shape index (κ3) is 3.12. The summed E-state index contributed by atoms with van der Waals surface area (Å²) < 4.78 is 31.6. The van der Waals surface area contributed by atoms with Gasteiger partial charge in [0, 0.05) is 13.0 Å². The van der Waals surface area contributed by atoms with Gasteiger partial charge in [-0.3, -0.25) is 0 Å². The van der Waals surface area contributed by atoms with Crippen LogP contribution in [0.25, 0.3) is 0 Å². The van der Waals surface area contributed by atoms with Crippen molar-refractivity contribution in [1.29, 1.82) is 0 Å². The van der Waals surface area contributed by atoms with E-state index in [1.807, 2.05) is 43.3 Å². The average Bonchev–Trinajstić information content (AvgIpc) is 3.22. The summed E-state index contributed by atoms with van der Waals surface area (Å²) in [6.07, 6.45) is 0.946. The van der Waals surface area contributed by atoms with E-state index in [1.165, 1.54) is 5.56 Å². The van der Waals surface area contributed by atoms with Crippen molar-refractivity contribution in [2.45, 2.75) is 41.9 Å². The van der Waals surface area contributed by atoms with Gasteiger partial charge in [0.2, 0.25) is 0 Å². The van der Waals surface area contributed by atoms with Crippen molar-refractivity contribution in [3.8, 4) is 0 Å². The fourth-order valence-corrected chi connectivity index (χ4v) is 5.92. The third-order valence-corrected chi connectivity index (χ3v) is 7.44. The molecule has 1 aliphatic rings. The molecule has 1 saturated carbocycles. The van der Waals surface area contributed by atoms with E-state index >= 15 is 0 Å². The first kappa shape index (κ1) is 18.1. The molecule has 1 fully saturated rings. The highest BCUT2D eigenvalue weighted by molar-refractivity contribution is 7.92. The Morgan fingerprint density at radius 2 is 1.68 bits per heavy atom. The molecule has 134 valence electrons. The highest BCUT2D eigenvalue weighted by Crippen LogP contribution is 2.55. The summed E-state index contributed by atoms with van der Waals surface area (Å²) in [7, 11) is -1.98. The van der Waals surface area contributed by atoms with Crippen LogP contribution in [0, 0.1) is 6.92 Å². The number of rotatable bonds is 6. The summed E-state index contributed by atoms with van der Waals surface area (Å²) in [5.41, 5.74) is 8.80. The molecular weight excluding hydrogens is 334 g/mol. The quantitative estimate of drug-likeness (QED) is 0.861. The predicted octanol–water partition coefficient (Wildman–Crippen LogP) is 2.84. The zero-order valence-corrected chi connectivity index (χ0v) is 15.7. The Labute approximate surface area is 149 Å². The van der Waals surface area contributed by atoms with Gasteiger partial charge in [0.1, 0.15) is 0 Å². The molecule has 25 heavy (non-hydrogen) atoms. The number of methoxy groups -OCH3 is 1. The van der Waals surface area contributed by atoms with Crippen molar-refractivity contribution in [3.63, 3.8) is 0 Å². The van der Waals surface area contributed by atoms with Gasteiger partial charge < -0.3 is 10.5 Å². The lowest BCUT2D eigenvalue weighted by Gasteiger charge is -2.11. The van der Waals surface area contributed by atoms with Crippen molar-refractivity contribution in [3.05, 3.63) is 65.2 Å². The number of benzene rings is 2. The molecule has 0 aliphatic heterocycles. The number of ether oxygens (including phenoxy) is 1. The van der Waals surface area contributed by atoms with Crippen LogP contribution in [-0.2, 0) is 21.0 Å². The van der Waals surface area contributed by atoms with Crippen molar-refractivity contribution in [2.75, 3.05) is 13.7 Å². The third-order valence-electron chi connectivity index (χ3n) is 5.13. The first-order chi connectivity index (χ1) is 11.8. The van der Waals surface area contributed by atoms with Gasteiger partial charge in [-0.15, -0.1) is 0 Å². The molecule has 4 nitrogen and oxygen atoms in total. The van der Waals surface area contributed by atoms with Gasteiger partial charge in [-0.05, 0) is 36.6 Å². The Hall–Kier alpha value is -1.69. The molecule has 0 saturated heterocycles. The van der Waals surface area contributed by atoms with Crippen LogP contribution in [0.2, 0.25) is 0 Å². The van der Waals surface area contributed by atoms with E-state index in [0.717, 1.165) is 17.5 Å². The number of nitrogens with two attached hydrogens (primary N) is 1. The molecule has 0 aromatic heterocycles. The highest BCUT2D eigenvalue weighted by Gasteiger charge is 2.69. The van der Waals surface area contributed by atoms with Gasteiger partial charge >= 0.3 is 0 Å². The lowest BCUT2D eigenvalue weighted by Crippen LogP contribution is -2.35. The molecule has 3 atom stereocenters. The predicted molar refractivity (Wildman–Crippen MR) is 99.5 cm³/mol. The summed E-state index contributed by atoms with van der Waals surface area (Å²) in [6.45, 7) is 4.24. The van der Waals surface area contributed by atoms with E-state index < -0.39 is 20.6 Å². The second kappa shape index (κ2) is 6.56. The summed E-state index contributed by atoms with van der Waals surface area (Å²) in [4.78, 5) is 0.321. The smallest absolute Gasteiger partial charge is 0.183 e. The van der Waals surface area contributed by atoms with Gasteiger partial charge in [0.25, 0.3) is 0 Å². The average molecular weight is 359 g/mol. The van der Waals surface area contributed by atoms with Crippen LogP contribution in [-0.4, -0.2) is 32.9 Å². The maximum atomic E-state index is 13.2. The summed E-state index contributed by atoms with van der Waals surface area (Å²) in [5, 5.41) is -0.671. The monoisotopic (exact) mass is 359 g/mol. The first-order valence-electron chi connectivity index (χ1n) is 8.52. The maximum Gasteiger partial charge on any atom is 0.183 e. The van der Waals surface area contributed by atoms with Crippen molar-refractivity contribution >= 4 is 9.84 Å². The summed E-state index contributed by atoms with van der Waals surface area (Å²) in [6, 6.07) is 15.0. The molecule has 1 aliphatic carbocycles. The fourth-order valence-electron chi connectivity index (χ4n) is 3.63. The largest absolute Gasteiger partial charge is 0.383 e. The Morgan fingerprint density at radius 3 is 2.20 bits per heavy atom. The second-order valence-electron chi connectivity index (χ2n) is 6.90. The Kier molecular flexibility index (Phi) is 4.75. The van der Waals surface area contributed by atoms with Crippen LogP contribution in [0.1, 0.15) is 29.5 Å². The number of aryl methyl sites for hydroxylation is 2. The summed E-state index contributed by atoms with van der Waals surface area (Å²) in [5.74, 6) is -0.260. The molecule has 2 aromatic rings. The van der Waals surface area contributed by atoms with Gasteiger partial charge in [0.15, 0.2) is 9.84 Å². The zero-order chi connectivity index (χ0) is 18.2. The molecule has 2 N–H and O–H groups in total. The molecule has 2 aromatic carbocycles. The van der Waals surface area contributed by atoms with Crippen LogP contribution in [0.4, 0.5) is 0 Å². The SMILES string of the molecule is CCc1ccc([C@@H]2[C@@H](S(=O)(=O)c3ccc(C)cc3)[C@]2(N)COC)cc1. The fraction of sp³-hybridized carbons (Fsp3) is 0.400. The van der Waals surface area contributed by atoms with E-state index in [1.54, 1.807) is 19.2 Å². The van der Waals surface area contributed by atoms with Gasteiger partial charge in [-0.25, -0.2) is 8.42 Å². The molecule has 0 heterocycles. The minimum atomic E-state index is -3.53. The van der Waals surface area contributed by atoms with E-state index in [-0.39, 0.29) is 12.5 Å². The lowest BCUT2D eigenvalue weighted by molar-refractivity contribution is 0.171. The molecule has 3 rings (SSSR count). The van der Waals surface area contributed by atoms with Crippen LogP contribution < -0.4 is 5.73 Å². The van der Waals surface area contributed by atoms with Gasteiger partial charge in [-0.2, -0.15) is 0 Å². The van der Waals surface area contributed by atoms with Gasteiger partial charge in [0.05, 0.1) is 22.3 Å². The minimum absolute atomic E-state index is 0.211. The van der Waals surface area contributed by atoms with Crippen LogP contribution >= 0.6 is 0 Å². The summed E-state index contributed by atoms with van der Waals surface area (Å²) >= 11 is 0. The normalized spacial score (nSPS) is 25.8. The van der Waals surface area contributed by atoms with E-state index in [0.29, 0.717) is 4.90 Å². The topological polar surface area (TPSA) is 69.4 Å². The maximum absolute atomic E-state index is 13.2. The van der Waals surface area contributed by atoms with E-state index in [2.05, 4.69) is 6.92 Å². The Bertz CT molecular complexity index is 844.